The molecule has 5 heteroatoms. The highest BCUT2D eigenvalue weighted by molar-refractivity contribution is 6.30. The normalized spacial score (nSPS) is 12.3. The summed E-state index contributed by atoms with van der Waals surface area (Å²) in [4.78, 5) is 13.3. The van der Waals surface area contributed by atoms with E-state index in [0.29, 0.717) is 0 Å². The number of imidazole rings is 1. The summed E-state index contributed by atoms with van der Waals surface area (Å²) in [7, 11) is 0. The van der Waals surface area contributed by atoms with Crippen LogP contribution in [0.3, 0.4) is 0 Å². The van der Waals surface area contributed by atoms with Gasteiger partial charge in [-0.2, -0.15) is 0 Å². The Labute approximate surface area is 210 Å². The van der Waals surface area contributed by atoms with E-state index in [2.05, 4.69) is 98.9 Å². The Morgan fingerprint density at radius 3 is 2.08 bits per heavy atom. The summed E-state index contributed by atoms with van der Waals surface area (Å²) in [5, 5.41) is 8.31. The molecule has 1 N–H and O–H groups in total. The predicted octanol–water partition coefficient (Wildman–Crippen LogP) is 7.77. The van der Waals surface area contributed by atoms with Gasteiger partial charge in [0.05, 0.1) is 22.1 Å². The Morgan fingerprint density at radius 1 is 0.514 bits per heavy atom. The number of rotatable bonds is 1. The van der Waals surface area contributed by atoms with E-state index in [1.165, 1.54) is 32.6 Å². The minimum absolute atomic E-state index is 0.916. The fourth-order valence-electron chi connectivity index (χ4n) is 6.28. The molecule has 5 heterocycles. The van der Waals surface area contributed by atoms with Crippen LogP contribution in [0.5, 0.6) is 0 Å². The average molecular weight is 474 g/mol. The molecule has 0 aliphatic carbocycles. The maximum atomic E-state index is 4.73. The fraction of sp³-hybridized carbons (Fsp3) is 0. The number of fused-ring (bicyclic) bond motifs is 14. The van der Waals surface area contributed by atoms with Crippen LogP contribution in [0.1, 0.15) is 0 Å². The maximum Gasteiger partial charge on any atom is 0.146 e. The highest BCUT2D eigenvalue weighted by Crippen LogP contribution is 2.41. The first kappa shape index (κ1) is 19.1. The monoisotopic (exact) mass is 473 g/mol. The molecule has 0 unspecified atom stereocenters. The van der Waals surface area contributed by atoms with E-state index in [1.54, 1.807) is 0 Å². The van der Waals surface area contributed by atoms with Crippen LogP contribution >= 0.6 is 0 Å². The number of H-pyrrole nitrogens is 1. The first-order valence-electron chi connectivity index (χ1n) is 12.4. The van der Waals surface area contributed by atoms with Crippen LogP contribution < -0.4 is 0 Å². The summed E-state index contributed by atoms with van der Waals surface area (Å²) in [6.45, 7) is 0. The molecule has 4 aromatic carbocycles. The van der Waals surface area contributed by atoms with Crippen LogP contribution in [0.15, 0.2) is 110 Å². The molecule has 0 amide bonds. The van der Waals surface area contributed by atoms with Gasteiger partial charge in [-0.1, -0.05) is 48.5 Å². The van der Waals surface area contributed by atoms with E-state index in [9.17, 15) is 0 Å². The largest absolute Gasteiger partial charge is 0.353 e. The van der Waals surface area contributed by atoms with Crippen molar-refractivity contribution in [3.8, 4) is 5.69 Å². The second-order valence-corrected chi connectivity index (χ2v) is 9.60. The van der Waals surface area contributed by atoms with Crippen molar-refractivity contribution in [3.05, 3.63) is 110 Å². The van der Waals surface area contributed by atoms with Crippen LogP contribution in [0.4, 0.5) is 0 Å². The lowest BCUT2D eigenvalue weighted by Gasteiger charge is -2.08. The third-order valence-corrected chi connectivity index (χ3v) is 7.76. The van der Waals surface area contributed by atoms with Gasteiger partial charge in [-0.3, -0.25) is 4.40 Å². The van der Waals surface area contributed by atoms with Crippen LogP contribution in [0.2, 0.25) is 0 Å². The molecular formula is C32H19N5. The molecule has 0 aliphatic rings. The SMILES string of the molecule is c1ccc(-n2c3ccccc3c3c4[nH]c5c(ccc6c5c5cccnc5n5ccnc65)c4ccc32)cc1. The smallest absolute Gasteiger partial charge is 0.146 e. The van der Waals surface area contributed by atoms with Gasteiger partial charge in [-0.15, -0.1) is 0 Å². The highest BCUT2D eigenvalue weighted by Gasteiger charge is 2.19. The van der Waals surface area contributed by atoms with Crippen LogP contribution in [0.25, 0.3) is 76.8 Å². The zero-order valence-electron chi connectivity index (χ0n) is 19.7. The zero-order chi connectivity index (χ0) is 24.1. The Kier molecular flexibility index (Phi) is 3.47. The van der Waals surface area contributed by atoms with Crippen molar-refractivity contribution >= 4 is 71.1 Å². The molecule has 0 bridgehead atoms. The van der Waals surface area contributed by atoms with Crippen molar-refractivity contribution in [3.63, 3.8) is 0 Å². The van der Waals surface area contributed by atoms with Gasteiger partial charge in [0.25, 0.3) is 0 Å². The van der Waals surface area contributed by atoms with Gasteiger partial charge in [0.15, 0.2) is 0 Å². The molecule has 5 aromatic heterocycles. The first-order valence-corrected chi connectivity index (χ1v) is 12.4. The molecular weight excluding hydrogens is 454 g/mol. The Balaban J connectivity index is 1.52. The minimum atomic E-state index is 0.916. The molecule has 5 nitrogen and oxygen atoms in total. The highest BCUT2D eigenvalue weighted by atomic mass is 15.0. The number of nitrogens with one attached hydrogen (secondary N) is 1. The Bertz CT molecular complexity index is 2350. The van der Waals surface area contributed by atoms with E-state index in [0.717, 1.165) is 44.2 Å². The van der Waals surface area contributed by atoms with Crippen molar-refractivity contribution in [2.24, 2.45) is 0 Å². The Morgan fingerprint density at radius 2 is 1.19 bits per heavy atom. The van der Waals surface area contributed by atoms with Crippen LogP contribution in [-0.2, 0) is 0 Å². The minimum Gasteiger partial charge on any atom is -0.353 e. The number of para-hydroxylation sites is 2. The summed E-state index contributed by atoms with van der Waals surface area (Å²) >= 11 is 0. The lowest BCUT2D eigenvalue weighted by Crippen LogP contribution is -1.93. The van der Waals surface area contributed by atoms with Gasteiger partial charge in [0.1, 0.15) is 11.3 Å². The van der Waals surface area contributed by atoms with Crippen molar-refractivity contribution in [2.75, 3.05) is 0 Å². The quantitative estimate of drug-likeness (QED) is 0.248. The Hall–Kier alpha value is -5.16. The molecule has 0 spiro atoms. The fourth-order valence-corrected chi connectivity index (χ4v) is 6.28. The van der Waals surface area contributed by atoms with Crippen molar-refractivity contribution < 1.29 is 0 Å². The van der Waals surface area contributed by atoms with Gasteiger partial charge in [-0.25, -0.2) is 9.97 Å². The summed E-state index contributed by atoms with van der Waals surface area (Å²) in [6, 6.07) is 32.4. The van der Waals surface area contributed by atoms with E-state index in [1.807, 2.05) is 24.7 Å². The van der Waals surface area contributed by atoms with Gasteiger partial charge in [0.2, 0.25) is 0 Å². The number of pyridine rings is 2. The third kappa shape index (κ3) is 2.33. The molecule has 172 valence electrons. The third-order valence-electron chi connectivity index (χ3n) is 7.76. The molecule has 9 aromatic rings. The lowest BCUT2D eigenvalue weighted by molar-refractivity contribution is 1.18. The average Bonchev–Trinajstić information content (AvgIpc) is 3.67. The molecule has 0 atom stereocenters. The van der Waals surface area contributed by atoms with Crippen molar-refractivity contribution in [2.45, 2.75) is 0 Å². The van der Waals surface area contributed by atoms with Crippen molar-refractivity contribution in [1.82, 2.24) is 23.9 Å². The van der Waals surface area contributed by atoms with Gasteiger partial charge >= 0.3 is 0 Å². The zero-order valence-corrected chi connectivity index (χ0v) is 19.7. The number of hydrogen-bond donors (Lipinski definition) is 1. The lowest BCUT2D eigenvalue weighted by atomic mass is 10.0. The summed E-state index contributed by atoms with van der Waals surface area (Å²) in [6.07, 6.45) is 5.68. The van der Waals surface area contributed by atoms with E-state index < -0.39 is 0 Å². The summed E-state index contributed by atoms with van der Waals surface area (Å²) in [5.41, 5.74) is 7.68. The number of hydrogen-bond acceptors (Lipinski definition) is 2. The number of aromatic nitrogens is 5. The molecule has 37 heavy (non-hydrogen) atoms. The van der Waals surface area contributed by atoms with Crippen molar-refractivity contribution in [1.29, 1.82) is 0 Å². The van der Waals surface area contributed by atoms with Crippen LogP contribution in [-0.4, -0.2) is 23.9 Å². The van der Waals surface area contributed by atoms with Crippen LogP contribution in [0, 0.1) is 0 Å². The second-order valence-electron chi connectivity index (χ2n) is 9.60. The summed E-state index contributed by atoms with van der Waals surface area (Å²) < 4.78 is 4.44. The molecule has 0 saturated heterocycles. The van der Waals surface area contributed by atoms with E-state index in [4.69, 9.17) is 9.97 Å². The number of aromatic amines is 1. The van der Waals surface area contributed by atoms with E-state index in [-0.39, 0.29) is 0 Å². The predicted molar refractivity (Wildman–Crippen MR) is 152 cm³/mol. The van der Waals surface area contributed by atoms with Gasteiger partial charge in [-0.05, 0) is 42.5 Å². The molecule has 0 radical (unpaired) electrons. The van der Waals surface area contributed by atoms with Gasteiger partial charge < -0.3 is 9.55 Å². The first-order chi connectivity index (χ1) is 18.4. The number of nitrogens with zero attached hydrogens (tertiary/aromatic N) is 4. The number of benzene rings is 4. The molecule has 9 rings (SSSR count). The molecule has 0 fully saturated rings. The molecule has 0 saturated carbocycles. The van der Waals surface area contributed by atoms with E-state index >= 15 is 0 Å². The maximum absolute atomic E-state index is 4.73. The van der Waals surface area contributed by atoms with Gasteiger partial charge in [0, 0.05) is 62.0 Å². The standard InChI is InChI=1S/C32H19N5/c1-2-7-19(8-3-1)37-25-11-5-4-9-22(25)28-26(37)15-14-21-20-12-13-24-27(29(20)35-30(21)28)23-10-6-16-33-31(23)36-18-17-34-32(24)36/h1-18,35H. The summed E-state index contributed by atoms with van der Waals surface area (Å²) in [5.74, 6) is 0. The topological polar surface area (TPSA) is 50.9 Å². The second kappa shape index (κ2) is 6.74. The molecule has 0 aliphatic heterocycles.